The monoisotopic (exact) mass is 464 g/mol. The molecule has 2 aromatic rings. The number of hydrogen-bond acceptors (Lipinski definition) is 6. The van der Waals surface area contributed by atoms with Gasteiger partial charge in [0.25, 0.3) is 5.91 Å². The van der Waals surface area contributed by atoms with E-state index in [9.17, 15) is 22.4 Å². The summed E-state index contributed by atoms with van der Waals surface area (Å²) in [7, 11) is -2.51. The number of anilines is 1. The second kappa shape index (κ2) is 10.6. The molecule has 3 rings (SSSR count). The Hall–Kier alpha value is -2.98. The van der Waals surface area contributed by atoms with Gasteiger partial charge in [-0.2, -0.15) is 4.31 Å². The van der Waals surface area contributed by atoms with E-state index in [1.54, 1.807) is 0 Å². The Labute approximate surface area is 186 Å². The molecule has 2 aromatic carbocycles. The highest BCUT2D eigenvalue weighted by Crippen LogP contribution is 2.29. The summed E-state index contributed by atoms with van der Waals surface area (Å²) in [4.78, 5) is 24.3. The van der Waals surface area contributed by atoms with Crippen LogP contribution in [0.15, 0.2) is 47.4 Å². The van der Waals surface area contributed by atoms with Gasteiger partial charge in [-0.3, -0.25) is 4.79 Å². The van der Waals surface area contributed by atoms with Crippen LogP contribution in [0.25, 0.3) is 0 Å². The number of hydrogen-bond donors (Lipinski definition) is 1. The van der Waals surface area contributed by atoms with E-state index in [-0.39, 0.29) is 16.2 Å². The number of nitrogens with one attached hydrogen (secondary N) is 1. The SMILES string of the molecule is COc1ccc(C(=O)OCC(=O)Nc2ccc(F)cc2)cc1S(=O)(=O)N1CCCCCC1. The summed E-state index contributed by atoms with van der Waals surface area (Å²) in [5.41, 5.74) is 0.330. The van der Waals surface area contributed by atoms with Gasteiger partial charge in [0.2, 0.25) is 10.0 Å². The third-order valence-corrected chi connectivity index (χ3v) is 6.96. The molecule has 0 bridgehead atoms. The molecule has 1 aliphatic heterocycles. The molecule has 0 aromatic heterocycles. The fourth-order valence-electron chi connectivity index (χ4n) is 3.37. The standard InChI is InChI=1S/C22H25FN2O6S/c1-30-19-11-6-16(14-20(19)32(28,29)25-12-4-2-3-5-13-25)22(27)31-15-21(26)24-18-9-7-17(23)8-10-18/h6-11,14H,2-5,12-13,15H2,1H3,(H,24,26). The van der Waals surface area contributed by atoms with E-state index in [2.05, 4.69) is 5.32 Å². The molecule has 0 atom stereocenters. The molecule has 1 saturated heterocycles. The number of ether oxygens (including phenoxy) is 2. The number of carbonyl (C=O) groups is 2. The molecule has 172 valence electrons. The summed E-state index contributed by atoms with van der Waals surface area (Å²) >= 11 is 0. The van der Waals surface area contributed by atoms with Crippen LogP contribution in [0.2, 0.25) is 0 Å². The zero-order valence-electron chi connectivity index (χ0n) is 17.7. The predicted molar refractivity (Wildman–Crippen MR) is 116 cm³/mol. The van der Waals surface area contributed by atoms with Gasteiger partial charge < -0.3 is 14.8 Å². The first-order chi connectivity index (χ1) is 15.3. The first kappa shape index (κ1) is 23.7. The summed E-state index contributed by atoms with van der Waals surface area (Å²) in [6.45, 7) is 0.226. The van der Waals surface area contributed by atoms with Crippen LogP contribution < -0.4 is 10.1 Å². The third-order valence-electron chi connectivity index (χ3n) is 5.04. The van der Waals surface area contributed by atoms with Gasteiger partial charge in [0.1, 0.15) is 16.5 Å². The van der Waals surface area contributed by atoms with E-state index < -0.39 is 34.3 Å². The number of amides is 1. The molecule has 10 heteroatoms. The lowest BCUT2D eigenvalue weighted by Gasteiger charge is -2.21. The topological polar surface area (TPSA) is 102 Å². The van der Waals surface area contributed by atoms with Crippen molar-refractivity contribution in [2.45, 2.75) is 30.6 Å². The maximum Gasteiger partial charge on any atom is 0.338 e. The summed E-state index contributed by atoms with van der Waals surface area (Å²) in [5, 5.41) is 2.47. The molecule has 0 unspecified atom stereocenters. The quantitative estimate of drug-likeness (QED) is 0.632. The molecule has 0 saturated carbocycles. The average molecular weight is 465 g/mol. The highest BCUT2D eigenvalue weighted by Gasteiger charge is 2.29. The van der Waals surface area contributed by atoms with Gasteiger partial charge in [-0.15, -0.1) is 0 Å². The Kier molecular flexibility index (Phi) is 7.81. The lowest BCUT2D eigenvalue weighted by atomic mass is 10.2. The first-order valence-corrected chi connectivity index (χ1v) is 11.7. The van der Waals surface area contributed by atoms with E-state index in [1.165, 1.54) is 53.9 Å². The Morgan fingerprint density at radius 3 is 2.31 bits per heavy atom. The number of rotatable bonds is 7. The van der Waals surface area contributed by atoms with Gasteiger partial charge >= 0.3 is 5.97 Å². The molecule has 1 heterocycles. The first-order valence-electron chi connectivity index (χ1n) is 10.2. The molecule has 1 aliphatic rings. The van der Waals surface area contributed by atoms with Crippen molar-refractivity contribution in [3.63, 3.8) is 0 Å². The van der Waals surface area contributed by atoms with Crippen molar-refractivity contribution >= 4 is 27.6 Å². The predicted octanol–water partition coefficient (Wildman–Crippen LogP) is 3.19. The molecular formula is C22H25FN2O6S. The van der Waals surface area contributed by atoms with E-state index in [0.29, 0.717) is 18.8 Å². The highest BCUT2D eigenvalue weighted by molar-refractivity contribution is 7.89. The minimum absolute atomic E-state index is 0.0196. The minimum atomic E-state index is -3.87. The van der Waals surface area contributed by atoms with Crippen LogP contribution in [-0.4, -0.2) is 51.4 Å². The fraction of sp³-hybridized carbons (Fsp3) is 0.364. The van der Waals surface area contributed by atoms with Crippen LogP contribution in [0, 0.1) is 5.82 Å². The van der Waals surface area contributed by atoms with Crippen molar-refractivity contribution in [1.82, 2.24) is 4.31 Å². The molecule has 0 radical (unpaired) electrons. The molecule has 1 N–H and O–H groups in total. The Balaban J connectivity index is 1.71. The molecule has 32 heavy (non-hydrogen) atoms. The Morgan fingerprint density at radius 2 is 1.69 bits per heavy atom. The molecule has 1 amide bonds. The van der Waals surface area contributed by atoms with Crippen molar-refractivity contribution in [1.29, 1.82) is 0 Å². The van der Waals surface area contributed by atoms with Gasteiger partial charge in [-0.1, -0.05) is 12.8 Å². The molecule has 8 nitrogen and oxygen atoms in total. The van der Waals surface area contributed by atoms with Crippen LogP contribution >= 0.6 is 0 Å². The molecular weight excluding hydrogens is 439 g/mol. The van der Waals surface area contributed by atoms with Crippen LogP contribution in [0.1, 0.15) is 36.0 Å². The van der Waals surface area contributed by atoms with Crippen molar-refractivity contribution in [2.75, 3.05) is 32.1 Å². The van der Waals surface area contributed by atoms with Gasteiger partial charge in [-0.05, 0) is 55.3 Å². The number of halogens is 1. The van der Waals surface area contributed by atoms with Crippen molar-refractivity contribution in [3.05, 3.63) is 53.8 Å². The lowest BCUT2D eigenvalue weighted by molar-refractivity contribution is -0.119. The summed E-state index contributed by atoms with van der Waals surface area (Å²) < 4.78 is 51.0. The second-order valence-corrected chi connectivity index (χ2v) is 9.22. The number of methoxy groups -OCH3 is 1. The summed E-state index contributed by atoms with van der Waals surface area (Å²) in [6, 6.07) is 9.09. The Bertz CT molecular complexity index is 1060. The smallest absolute Gasteiger partial charge is 0.338 e. The second-order valence-electron chi connectivity index (χ2n) is 7.32. The van der Waals surface area contributed by atoms with Crippen LogP contribution in [0.4, 0.5) is 10.1 Å². The van der Waals surface area contributed by atoms with Gasteiger partial charge in [0.15, 0.2) is 6.61 Å². The van der Waals surface area contributed by atoms with Crippen LogP contribution in [0.3, 0.4) is 0 Å². The van der Waals surface area contributed by atoms with Crippen LogP contribution in [0.5, 0.6) is 5.75 Å². The van der Waals surface area contributed by atoms with Crippen LogP contribution in [-0.2, 0) is 19.6 Å². The van der Waals surface area contributed by atoms with Gasteiger partial charge in [0, 0.05) is 18.8 Å². The highest BCUT2D eigenvalue weighted by atomic mass is 32.2. The normalized spacial score (nSPS) is 14.9. The number of nitrogens with zero attached hydrogens (tertiary/aromatic N) is 1. The third kappa shape index (κ3) is 5.83. The van der Waals surface area contributed by atoms with Gasteiger partial charge in [0.05, 0.1) is 12.7 Å². The summed E-state index contributed by atoms with van der Waals surface area (Å²) in [5.74, 6) is -1.79. The maximum absolute atomic E-state index is 13.2. The molecule has 0 spiro atoms. The lowest BCUT2D eigenvalue weighted by Crippen LogP contribution is -2.32. The number of sulfonamides is 1. The zero-order chi connectivity index (χ0) is 23.1. The maximum atomic E-state index is 13.2. The van der Waals surface area contributed by atoms with E-state index in [1.807, 2.05) is 0 Å². The average Bonchev–Trinajstić information content (AvgIpc) is 3.09. The number of benzene rings is 2. The van der Waals surface area contributed by atoms with Crippen molar-refractivity contribution in [2.24, 2.45) is 0 Å². The summed E-state index contributed by atoms with van der Waals surface area (Å²) in [6.07, 6.45) is 3.48. The molecule has 1 fully saturated rings. The van der Waals surface area contributed by atoms with E-state index in [0.717, 1.165) is 25.7 Å². The largest absolute Gasteiger partial charge is 0.495 e. The minimum Gasteiger partial charge on any atom is -0.495 e. The van der Waals surface area contributed by atoms with Crippen molar-refractivity contribution in [3.8, 4) is 5.75 Å². The van der Waals surface area contributed by atoms with Gasteiger partial charge in [-0.25, -0.2) is 17.6 Å². The fourth-order valence-corrected chi connectivity index (χ4v) is 5.07. The van der Waals surface area contributed by atoms with Crippen molar-refractivity contribution < 1.29 is 31.9 Å². The number of carbonyl (C=O) groups excluding carboxylic acids is 2. The van der Waals surface area contributed by atoms with E-state index in [4.69, 9.17) is 9.47 Å². The van der Waals surface area contributed by atoms with E-state index >= 15 is 0 Å². The zero-order valence-corrected chi connectivity index (χ0v) is 18.5. The Morgan fingerprint density at radius 1 is 1.03 bits per heavy atom. The molecule has 0 aliphatic carbocycles. The number of esters is 1.